The van der Waals surface area contributed by atoms with Crippen molar-refractivity contribution in [2.75, 3.05) is 13.2 Å². The van der Waals surface area contributed by atoms with E-state index in [4.69, 9.17) is 19.5 Å². The third kappa shape index (κ3) is 5.38. The molecule has 8 nitrogen and oxygen atoms in total. The van der Waals surface area contributed by atoms with Crippen LogP contribution >= 0.6 is 0 Å². The van der Waals surface area contributed by atoms with Crippen LogP contribution in [0.5, 0.6) is 11.5 Å². The minimum absolute atomic E-state index is 0.242. The van der Waals surface area contributed by atoms with Gasteiger partial charge in [-0.3, -0.25) is 5.32 Å². The van der Waals surface area contributed by atoms with Crippen LogP contribution in [0.3, 0.4) is 0 Å². The van der Waals surface area contributed by atoms with Gasteiger partial charge in [0.15, 0.2) is 17.7 Å². The normalized spacial score (nSPS) is 15.2. The fourth-order valence-electron chi connectivity index (χ4n) is 3.32. The Morgan fingerprint density at radius 3 is 2.59 bits per heavy atom. The van der Waals surface area contributed by atoms with E-state index in [-0.39, 0.29) is 12.6 Å². The molecule has 0 aromatic heterocycles. The van der Waals surface area contributed by atoms with Crippen LogP contribution in [0.25, 0.3) is 0 Å². The van der Waals surface area contributed by atoms with Crippen molar-refractivity contribution in [2.24, 2.45) is 4.99 Å². The predicted octanol–water partition coefficient (Wildman–Crippen LogP) is 3.57. The number of carbonyl (C=O) groups excluding carboxylic acids is 1. The number of esters is 1. The standard InChI is InChI=1S/C24H26N4O4/c1-4-30-20-13-18(11-12-19(20)32-14-17-9-7-6-8-10-17)22-21(23(29)31-5-2)16(3)27-24(28-22)26-15-25/h6-13,22H,4-5,14H2,1-3H3,(H2,26,27,28)/t22-/m1/s1. The second-order valence-electron chi connectivity index (χ2n) is 6.91. The molecule has 32 heavy (non-hydrogen) atoms. The van der Waals surface area contributed by atoms with E-state index >= 15 is 0 Å². The lowest BCUT2D eigenvalue weighted by Crippen LogP contribution is -2.39. The van der Waals surface area contributed by atoms with Crippen LogP contribution in [0.15, 0.2) is 64.8 Å². The van der Waals surface area contributed by atoms with Crippen LogP contribution in [-0.2, 0) is 16.1 Å². The first kappa shape index (κ1) is 22.7. The fraction of sp³-hybridized carbons (Fsp3) is 0.292. The van der Waals surface area contributed by atoms with Crippen molar-refractivity contribution in [2.45, 2.75) is 33.4 Å². The average Bonchev–Trinajstić information content (AvgIpc) is 2.79. The van der Waals surface area contributed by atoms with Crippen molar-refractivity contribution < 1.29 is 19.0 Å². The molecule has 0 saturated heterocycles. The monoisotopic (exact) mass is 434 g/mol. The molecule has 2 aromatic carbocycles. The van der Waals surface area contributed by atoms with E-state index in [1.54, 1.807) is 26.0 Å². The summed E-state index contributed by atoms with van der Waals surface area (Å²) in [5, 5.41) is 14.4. The highest BCUT2D eigenvalue weighted by Crippen LogP contribution is 2.37. The molecule has 2 aromatic rings. The molecule has 1 aliphatic heterocycles. The molecule has 1 aliphatic rings. The van der Waals surface area contributed by atoms with Gasteiger partial charge in [-0.25, -0.2) is 9.79 Å². The van der Waals surface area contributed by atoms with Crippen LogP contribution in [0.2, 0.25) is 0 Å². The van der Waals surface area contributed by atoms with Crippen molar-refractivity contribution in [3.63, 3.8) is 0 Å². The number of benzene rings is 2. The van der Waals surface area contributed by atoms with Crippen molar-refractivity contribution in [1.82, 2.24) is 10.6 Å². The Morgan fingerprint density at radius 1 is 1.12 bits per heavy atom. The molecular formula is C24H26N4O4. The molecule has 0 fully saturated rings. The maximum Gasteiger partial charge on any atom is 0.338 e. The number of nitriles is 1. The Bertz CT molecular complexity index is 1060. The first-order valence-electron chi connectivity index (χ1n) is 10.4. The summed E-state index contributed by atoms with van der Waals surface area (Å²) in [7, 11) is 0. The van der Waals surface area contributed by atoms with Gasteiger partial charge in [-0.2, -0.15) is 5.26 Å². The maximum atomic E-state index is 12.7. The number of carbonyl (C=O) groups is 1. The van der Waals surface area contributed by atoms with Crippen LogP contribution in [0.4, 0.5) is 0 Å². The lowest BCUT2D eigenvalue weighted by atomic mass is 9.96. The molecule has 0 bridgehead atoms. The second kappa shape index (κ2) is 10.9. The van der Waals surface area contributed by atoms with Crippen molar-refractivity contribution in [3.8, 4) is 17.7 Å². The van der Waals surface area contributed by atoms with Crippen LogP contribution in [0, 0.1) is 11.5 Å². The number of nitrogens with one attached hydrogen (secondary N) is 2. The van der Waals surface area contributed by atoms with Gasteiger partial charge in [0.05, 0.1) is 18.8 Å². The Kier molecular flexibility index (Phi) is 7.70. The van der Waals surface area contributed by atoms with Gasteiger partial charge in [0.25, 0.3) is 0 Å². The molecule has 3 rings (SSSR count). The molecule has 0 unspecified atom stereocenters. The van der Waals surface area contributed by atoms with Gasteiger partial charge < -0.3 is 19.5 Å². The summed E-state index contributed by atoms with van der Waals surface area (Å²) in [6, 6.07) is 14.6. The summed E-state index contributed by atoms with van der Waals surface area (Å²) in [6.07, 6.45) is 1.85. The molecule has 0 saturated carbocycles. The number of hydrogen-bond acceptors (Lipinski definition) is 8. The number of ether oxygens (including phenoxy) is 3. The van der Waals surface area contributed by atoms with E-state index in [2.05, 4.69) is 15.6 Å². The summed E-state index contributed by atoms with van der Waals surface area (Å²) < 4.78 is 17.0. The van der Waals surface area contributed by atoms with Gasteiger partial charge in [-0.1, -0.05) is 36.4 Å². The summed E-state index contributed by atoms with van der Waals surface area (Å²) in [4.78, 5) is 17.2. The molecule has 8 heteroatoms. The molecule has 1 atom stereocenters. The smallest absolute Gasteiger partial charge is 0.338 e. The Labute approximate surface area is 187 Å². The summed E-state index contributed by atoms with van der Waals surface area (Å²) in [5.74, 6) is 0.923. The second-order valence-corrected chi connectivity index (χ2v) is 6.91. The lowest BCUT2D eigenvalue weighted by Gasteiger charge is -2.25. The third-order valence-electron chi connectivity index (χ3n) is 4.73. The minimum Gasteiger partial charge on any atom is -0.490 e. The summed E-state index contributed by atoms with van der Waals surface area (Å²) >= 11 is 0. The number of hydrogen-bond donors (Lipinski definition) is 2. The molecule has 1 heterocycles. The van der Waals surface area contributed by atoms with Crippen molar-refractivity contribution in [3.05, 3.63) is 70.9 Å². The zero-order valence-electron chi connectivity index (χ0n) is 18.3. The number of aliphatic imine (C=N–C) groups is 1. The predicted molar refractivity (Wildman–Crippen MR) is 120 cm³/mol. The highest BCUT2D eigenvalue weighted by atomic mass is 16.5. The molecule has 0 aliphatic carbocycles. The van der Waals surface area contributed by atoms with E-state index in [0.717, 1.165) is 5.56 Å². The highest BCUT2D eigenvalue weighted by molar-refractivity contribution is 5.95. The number of allylic oxidation sites excluding steroid dienone is 1. The van der Waals surface area contributed by atoms with Gasteiger partial charge in [-0.15, -0.1) is 0 Å². The molecule has 0 spiro atoms. The zero-order chi connectivity index (χ0) is 22.9. The van der Waals surface area contributed by atoms with Gasteiger partial charge in [0.1, 0.15) is 12.6 Å². The number of rotatable bonds is 8. The highest BCUT2D eigenvalue weighted by Gasteiger charge is 2.31. The largest absolute Gasteiger partial charge is 0.490 e. The summed E-state index contributed by atoms with van der Waals surface area (Å²) in [6.45, 7) is 6.46. The molecular weight excluding hydrogens is 408 g/mol. The Balaban J connectivity index is 1.95. The number of nitrogens with zero attached hydrogens (tertiary/aromatic N) is 2. The molecule has 0 amide bonds. The first-order chi connectivity index (χ1) is 15.6. The minimum atomic E-state index is -0.673. The fourth-order valence-corrected chi connectivity index (χ4v) is 3.32. The molecule has 166 valence electrons. The third-order valence-corrected chi connectivity index (χ3v) is 4.73. The van der Waals surface area contributed by atoms with Crippen LogP contribution in [0.1, 0.15) is 37.9 Å². The topological polar surface area (TPSA) is 105 Å². The lowest BCUT2D eigenvalue weighted by molar-refractivity contribution is -0.138. The van der Waals surface area contributed by atoms with Crippen molar-refractivity contribution >= 4 is 11.9 Å². The Hall–Kier alpha value is -3.99. The molecule has 2 N–H and O–H groups in total. The Morgan fingerprint density at radius 2 is 1.91 bits per heavy atom. The van der Waals surface area contributed by atoms with Gasteiger partial charge >= 0.3 is 5.97 Å². The van der Waals surface area contributed by atoms with Gasteiger partial charge in [0.2, 0.25) is 5.96 Å². The van der Waals surface area contributed by atoms with E-state index in [9.17, 15) is 4.79 Å². The van der Waals surface area contributed by atoms with Crippen LogP contribution in [-0.4, -0.2) is 25.1 Å². The van der Waals surface area contributed by atoms with Gasteiger partial charge in [0, 0.05) is 5.70 Å². The number of guanidine groups is 1. The SMILES string of the molecule is CCOC(=O)C1=C(C)NC(NC#N)=N[C@@H]1c1ccc(OCc2ccccc2)c(OCC)c1. The van der Waals surface area contributed by atoms with E-state index in [0.29, 0.717) is 41.5 Å². The van der Waals surface area contributed by atoms with Gasteiger partial charge in [-0.05, 0) is 44.0 Å². The van der Waals surface area contributed by atoms with E-state index in [1.807, 2.05) is 49.5 Å². The molecule has 0 radical (unpaired) electrons. The zero-order valence-corrected chi connectivity index (χ0v) is 18.3. The first-order valence-corrected chi connectivity index (χ1v) is 10.4. The van der Waals surface area contributed by atoms with E-state index in [1.165, 1.54) is 0 Å². The quantitative estimate of drug-likeness (QED) is 0.372. The van der Waals surface area contributed by atoms with Crippen molar-refractivity contribution in [1.29, 1.82) is 5.26 Å². The maximum absolute atomic E-state index is 12.7. The van der Waals surface area contributed by atoms with E-state index < -0.39 is 12.0 Å². The average molecular weight is 434 g/mol. The van der Waals surface area contributed by atoms with Crippen LogP contribution < -0.4 is 20.1 Å². The summed E-state index contributed by atoms with van der Waals surface area (Å²) in [5.41, 5.74) is 2.68.